The molecule has 1 aliphatic rings. The van der Waals surface area contributed by atoms with Crippen molar-refractivity contribution in [2.45, 2.75) is 45.2 Å². The van der Waals surface area contributed by atoms with Gasteiger partial charge in [-0.05, 0) is 38.7 Å². The van der Waals surface area contributed by atoms with Crippen LogP contribution in [0, 0.1) is 13.8 Å². The highest BCUT2D eigenvalue weighted by molar-refractivity contribution is 7.18. The number of rotatable bonds is 4. The zero-order chi connectivity index (χ0) is 15.2. The summed E-state index contributed by atoms with van der Waals surface area (Å²) >= 11 is 1.49. The summed E-state index contributed by atoms with van der Waals surface area (Å²) in [4.78, 5) is 32.4. The molecule has 6 nitrogen and oxygen atoms in total. The van der Waals surface area contributed by atoms with E-state index in [4.69, 9.17) is 0 Å². The molecule has 1 aliphatic carbocycles. The van der Waals surface area contributed by atoms with Gasteiger partial charge in [0.2, 0.25) is 0 Å². The third-order valence-corrected chi connectivity index (χ3v) is 5.40. The average molecular weight is 307 g/mol. The van der Waals surface area contributed by atoms with E-state index in [1.165, 1.54) is 11.3 Å². The molecule has 0 spiro atoms. The monoisotopic (exact) mass is 307 g/mol. The first-order chi connectivity index (χ1) is 9.93. The molecule has 0 atom stereocenters. The molecule has 0 amide bonds. The number of nitrogens with zero attached hydrogens (tertiary/aromatic N) is 1. The van der Waals surface area contributed by atoms with Gasteiger partial charge in [-0.25, -0.2) is 4.98 Å². The van der Waals surface area contributed by atoms with Crippen molar-refractivity contribution in [1.82, 2.24) is 15.3 Å². The Morgan fingerprint density at radius 1 is 1.48 bits per heavy atom. The van der Waals surface area contributed by atoms with Gasteiger partial charge in [0, 0.05) is 4.88 Å². The van der Waals surface area contributed by atoms with Crippen LogP contribution < -0.4 is 10.9 Å². The van der Waals surface area contributed by atoms with Gasteiger partial charge in [0.1, 0.15) is 16.2 Å². The number of hydrogen-bond donors (Lipinski definition) is 3. The summed E-state index contributed by atoms with van der Waals surface area (Å²) in [5.74, 6) is -0.346. The van der Waals surface area contributed by atoms with Crippen LogP contribution in [0.1, 0.15) is 35.5 Å². The molecule has 2 aromatic rings. The fraction of sp³-hybridized carbons (Fsp3) is 0.500. The second-order valence-electron chi connectivity index (χ2n) is 5.57. The highest BCUT2D eigenvalue weighted by Gasteiger charge is 2.43. The van der Waals surface area contributed by atoms with Crippen LogP contribution in [-0.2, 0) is 11.3 Å². The Bertz CT molecular complexity index is 774. The predicted molar refractivity (Wildman–Crippen MR) is 80.8 cm³/mol. The van der Waals surface area contributed by atoms with E-state index in [-0.39, 0.29) is 12.1 Å². The normalized spacial score (nSPS) is 16.9. The maximum Gasteiger partial charge on any atom is 0.323 e. The van der Waals surface area contributed by atoms with Gasteiger partial charge in [0.05, 0.1) is 11.9 Å². The molecular weight excluding hydrogens is 290 g/mol. The molecule has 7 heteroatoms. The van der Waals surface area contributed by atoms with E-state index in [2.05, 4.69) is 15.3 Å². The minimum absolute atomic E-state index is 0.156. The van der Waals surface area contributed by atoms with Crippen LogP contribution in [-0.4, -0.2) is 26.6 Å². The first-order valence-electron chi connectivity index (χ1n) is 6.90. The number of aromatic nitrogens is 2. The molecule has 112 valence electrons. The molecule has 0 aliphatic heterocycles. The Morgan fingerprint density at radius 3 is 2.76 bits per heavy atom. The second kappa shape index (κ2) is 4.92. The van der Waals surface area contributed by atoms with Crippen LogP contribution in [0.25, 0.3) is 10.2 Å². The van der Waals surface area contributed by atoms with E-state index in [1.54, 1.807) is 0 Å². The molecule has 0 unspecified atom stereocenters. The highest BCUT2D eigenvalue weighted by Crippen LogP contribution is 2.32. The van der Waals surface area contributed by atoms with Crippen LogP contribution in [0.5, 0.6) is 0 Å². The van der Waals surface area contributed by atoms with Gasteiger partial charge in [0.15, 0.2) is 0 Å². The van der Waals surface area contributed by atoms with E-state index in [9.17, 15) is 14.7 Å². The van der Waals surface area contributed by atoms with Crippen molar-refractivity contribution in [3.63, 3.8) is 0 Å². The van der Waals surface area contributed by atoms with Crippen molar-refractivity contribution in [2.24, 2.45) is 0 Å². The highest BCUT2D eigenvalue weighted by atomic mass is 32.1. The van der Waals surface area contributed by atoms with Crippen LogP contribution in [0.15, 0.2) is 4.79 Å². The summed E-state index contributed by atoms with van der Waals surface area (Å²) in [6.45, 7) is 4.14. The van der Waals surface area contributed by atoms with E-state index in [0.29, 0.717) is 28.9 Å². The number of H-pyrrole nitrogens is 1. The van der Waals surface area contributed by atoms with Crippen molar-refractivity contribution >= 4 is 27.5 Å². The zero-order valence-electron chi connectivity index (χ0n) is 11.9. The Balaban J connectivity index is 1.88. The summed E-state index contributed by atoms with van der Waals surface area (Å²) in [6.07, 6.45) is 2.14. The third-order valence-electron chi connectivity index (χ3n) is 4.30. The van der Waals surface area contributed by atoms with Crippen molar-refractivity contribution in [3.05, 3.63) is 26.6 Å². The first-order valence-corrected chi connectivity index (χ1v) is 7.72. The van der Waals surface area contributed by atoms with E-state index >= 15 is 0 Å². The largest absolute Gasteiger partial charge is 0.480 e. The quantitative estimate of drug-likeness (QED) is 0.799. The van der Waals surface area contributed by atoms with Crippen LogP contribution >= 0.6 is 11.3 Å². The zero-order valence-corrected chi connectivity index (χ0v) is 12.8. The van der Waals surface area contributed by atoms with Crippen molar-refractivity contribution in [1.29, 1.82) is 0 Å². The van der Waals surface area contributed by atoms with Crippen LogP contribution in [0.4, 0.5) is 0 Å². The number of carboxylic acid groups (broad SMARTS) is 1. The SMILES string of the molecule is Cc1sc2nc(CNC3(C(=O)O)CCC3)[nH]c(=O)c2c1C. The summed E-state index contributed by atoms with van der Waals surface area (Å²) in [5.41, 5.74) is -0.0460. The average Bonchev–Trinajstić information content (AvgIpc) is 2.63. The summed E-state index contributed by atoms with van der Waals surface area (Å²) in [6, 6.07) is 0. The molecule has 0 radical (unpaired) electrons. The summed E-state index contributed by atoms with van der Waals surface area (Å²) in [5, 5.41) is 12.9. The van der Waals surface area contributed by atoms with Gasteiger partial charge in [-0.1, -0.05) is 0 Å². The number of aryl methyl sites for hydroxylation is 2. The third kappa shape index (κ3) is 2.26. The lowest BCUT2D eigenvalue weighted by atomic mass is 9.77. The van der Waals surface area contributed by atoms with Crippen molar-refractivity contribution in [2.75, 3.05) is 0 Å². The number of hydrogen-bond acceptors (Lipinski definition) is 5. The van der Waals surface area contributed by atoms with Gasteiger partial charge in [-0.2, -0.15) is 0 Å². The molecule has 1 saturated carbocycles. The minimum atomic E-state index is -0.852. The Morgan fingerprint density at radius 2 is 2.19 bits per heavy atom. The lowest BCUT2D eigenvalue weighted by Crippen LogP contribution is -2.56. The summed E-state index contributed by atoms with van der Waals surface area (Å²) in [7, 11) is 0. The number of nitrogens with one attached hydrogen (secondary N) is 2. The predicted octanol–water partition coefficient (Wildman–Crippen LogP) is 1.70. The smallest absolute Gasteiger partial charge is 0.323 e. The molecule has 3 rings (SSSR count). The Labute approximate surface area is 125 Å². The molecule has 2 aromatic heterocycles. The fourth-order valence-electron chi connectivity index (χ4n) is 2.63. The molecule has 21 heavy (non-hydrogen) atoms. The molecular formula is C14H17N3O3S. The molecule has 0 bridgehead atoms. The fourth-order valence-corrected chi connectivity index (χ4v) is 3.68. The van der Waals surface area contributed by atoms with Gasteiger partial charge >= 0.3 is 5.97 Å². The number of carboxylic acids is 1. The Kier molecular flexibility index (Phi) is 3.33. The van der Waals surface area contributed by atoms with Gasteiger partial charge in [0.25, 0.3) is 5.56 Å². The minimum Gasteiger partial charge on any atom is -0.480 e. The molecule has 1 fully saturated rings. The molecule has 3 N–H and O–H groups in total. The van der Waals surface area contributed by atoms with Gasteiger partial charge in [-0.3, -0.25) is 14.9 Å². The van der Waals surface area contributed by atoms with Gasteiger partial charge in [-0.15, -0.1) is 11.3 Å². The molecule has 2 heterocycles. The van der Waals surface area contributed by atoms with Crippen molar-refractivity contribution in [3.8, 4) is 0 Å². The van der Waals surface area contributed by atoms with E-state index in [0.717, 1.165) is 16.9 Å². The molecule has 0 aromatic carbocycles. The molecule has 0 saturated heterocycles. The summed E-state index contributed by atoms with van der Waals surface area (Å²) < 4.78 is 0. The second-order valence-corrected chi connectivity index (χ2v) is 6.77. The van der Waals surface area contributed by atoms with E-state index in [1.807, 2.05) is 13.8 Å². The Hall–Kier alpha value is -1.73. The van der Waals surface area contributed by atoms with Crippen LogP contribution in [0.3, 0.4) is 0 Å². The number of thiophene rings is 1. The number of carbonyl (C=O) groups is 1. The topological polar surface area (TPSA) is 95.1 Å². The number of aliphatic carboxylic acids is 1. The lowest BCUT2D eigenvalue weighted by Gasteiger charge is -2.38. The maximum absolute atomic E-state index is 12.1. The standard InChI is InChI=1S/C14H17N3O3S/c1-7-8(2)21-12-10(7)11(18)16-9(17-12)6-15-14(13(19)20)4-3-5-14/h15H,3-6H2,1-2H3,(H,19,20)(H,16,17,18). The van der Waals surface area contributed by atoms with E-state index < -0.39 is 11.5 Å². The van der Waals surface area contributed by atoms with Gasteiger partial charge < -0.3 is 10.1 Å². The van der Waals surface area contributed by atoms with Crippen LogP contribution in [0.2, 0.25) is 0 Å². The first kappa shape index (κ1) is 14.2. The number of aromatic amines is 1. The number of fused-ring (bicyclic) bond motifs is 1. The van der Waals surface area contributed by atoms with Crippen molar-refractivity contribution < 1.29 is 9.90 Å². The maximum atomic E-state index is 12.1. The lowest BCUT2D eigenvalue weighted by molar-refractivity contribution is -0.148.